The topological polar surface area (TPSA) is 131 Å². The molecule has 2 aliphatic rings. The number of esters is 1. The maximum atomic E-state index is 12.4. The highest BCUT2D eigenvalue weighted by Gasteiger charge is 2.54. The third-order valence-corrected chi connectivity index (χ3v) is 4.17. The molecule has 1 N–H and O–H groups in total. The van der Waals surface area contributed by atoms with Crippen LogP contribution in [0.5, 0.6) is 0 Å². The number of hydrogen-bond donors (Lipinski definition) is 1. The van der Waals surface area contributed by atoms with Crippen molar-refractivity contribution in [2.75, 3.05) is 13.7 Å². The number of rotatable bonds is 4. The minimum atomic E-state index is -4.89. The zero-order chi connectivity index (χ0) is 16.9. The molecule has 2 bridgehead atoms. The van der Waals surface area contributed by atoms with Gasteiger partial charge < -0.3 is 9.64 Å². The van der Waals surface area contributed by atoms with Gasteiger partial charge >= 0.3 is 22.4 Å². The number of urea groups is 1. The van der Waals surface area contributed by atoms with Crippen molar-refractivity contribution < 1.29 is 31.6 Å². The van der Waals surface area contributed by atoms with E-state index in [9.17, 15) is 18.0 Å². The van der Waals surface area contributed by atoms with E-state index >= 15 is 0 Å². The molecule has 1 aromatic rings. The lowest BCUT2D eigenvalue weighted by atomic mass is 9.98. The lowest BCUT2D eigenvalue weighted by Crippen LogP contribution is -2.40. The van der Waals surface area contributed by atoms with Gasteiger partial charge in [0.05, 0.1) is 25.5 Å². The van der Waals surface area contributed by atoms with E-state index in [0.717, 1.165) is 4.90 Å². The highest BCUT2D eigenvalue weighted by Crippen LogP contribution is 2.44. The summed E-state index contributed by atoms with van der Waals surface area (Å²) in [5.74, 6) is -0.679. The molecule has 0 spiro atoms. The number of amides is 2. The second kappa shape index (κ2) is 5.18. The van der Waals surface area contributed by atoms with Gasteiger partial charge in [0.2, 0.25) is 0 Å². The number of hydrogen-bond acceptors (Lipinski definition) is 7. The van der Waals surface area contributed by atoms with Crippen LogP contribution in [-0.4, -0.2) is 58.4 Å². The molecule has 11 nitrogen and oxygen atoms in total. The Morgan fingerprint density at radius 2 is 2.22 bits per heavy atom. The first-order valence-corrected chi connectivity index (χ1v) is 8.05. The van der Waals surface area contributed by atoms with Gasteiger partial charge in [0.1, 0.15) is 6.04 Å². The summed E-state index contributed by atoms with van der Waals surface area (Å²) in [7, 11) is -3.70. The molecule has 23 heavy (non-hydrogen) atoms. The molecular formula is C11H14N4O7S. The van der Waals surface area contributed by atoms with Crippen molar-refractivity contribution in [1.29, 1.82) is 0 Å². The van der Waals surface area contributed by atoms with Gasteiger partial charge in [-0.3, -0.25) is 9.23 Å². The van der Waals surface area contributed by atoms with Crippen molar-refractivity contribution in [2.45, 2.75) is 25.6 Å². The number of aromatic nitrogens is 2. The Bertz CT molecular complexity index is 773. The Balaban J connectivity index is 2.12. The number of ether oxygens (including phenoxy) is 1. The molecule has 2 atom stereocenters. The van der Waals surface area contributed by atoms with Crippen LogP contribution in [0.25, 0.3) is 0 Å². The van der Waals surface area contributed by atoms with Crippen LogP contribution in [0.1, 0.15) is 30.3 Å². The van der Waals surface area contributed by atoms with E-state index in [-0.39, 0.29) is 6.54 Å². The lowest BCUT2D eigenvalue weighted by molar-refractivity contribution is -0.146. The third kappa shape index (κ3) is 2.34. The second-order valence-electron chi connectivity index (χ2n) is 5.01. The molecule has 0 radical (unpaired) electrons. The van der Waals surface area contributed by atoms with E-state index in [1.54, 1.807) is 0 Å². The first-order chi connectivity index (χ1) is 10.8. The average molecular weight is 346 g/mol. The van der Waals surface area contributed by atoms with Crippen molar-refractivity contribution in [3.8, 4) is 0 Å². The molecule has 126 valence electrons. The van der Waals surface area contributed by atoms with Gasteiger partial charge in [0.25, 0.3) is 0 Å². The van der Waals surface area contributed by atoms with E-state index in [1.807, 2.05) is 6.92 Å². The molecule has 12 heteroatoms. The molecule has 0 unspecified atom stereocenters. The summed E-state index contributed by atoms with van der Waals surface area (Å²) in [4.78, 5) is 25.6. The number of fused-ring (bicyclic) bond motifs is 4. The molecule has 2 amide bonds. The molecule has 0 aliphatic carbocycles. The molecular weight excluding hydrogens is 332 g/mol. The van der Waals surface area contributed by atoms with Crippen molar-refractivity contribution in [2.24, 2.45) is 0 Å². The molecule has 3 rings (SSSR count). The summed E-state index contributed by atoms with van der Waals surface area (Å²) in [5.41, 5.74) is 0.901. The number of carbonyl (C=O) groups is 2. The van der Waals surface area contributed by atoms with Crippen molar-refractivity contribution >= 4 is 22.4 Å². The summed E-state index contributed by atoms with van der Waals surface area (Å²) in [6.45, 7) is 2.26. The molecule has 1 aromatic heterocycles. The van der Waals surface area contributed by atoms with Crippen molar-refractivity contribution in [3.05, 3.63) is 17.5 Å². The number of hydroxylamine groups is 2. The SMILES string of the molecule is CCn1ncc2c1[C@@H](C(=O)OC)N1C[C@H]2N(OS(=O)(=O)O)C1=O. The van der Waals surface area contributed by atoms with Gasteiger partial charge in [0.15, 0.2) is 6.04 Å². The average Bonchev–Trinajstić information content (AvgIpc) is 3.02. The van der Waals surface area contributed by atoms with Crippen LogP contribution >= 0.6 is 0 Å². The van der Waals surface area contributed by atoms with Crippen LogP contribution < -0.4 is 0 Å². The zero-order valence-corrected chi connectivity index (χ0v) is 13.1. The zero-order valence-electron chi connectivity index (χ0n) is 12.2. The van der Waals surface area contributed by atoms with Gasteiger partial charge in [-0.25, -0.2) is 9.59 Å². The third-order valence-electron chi connectivity index (χ3n) is 3.83. The number of aryl methyl sites for hydroxylation is 1. The maximum Gasteiger partial charge on any atom is 0.418 e. The van der Waals surface area contributed by atoms with E-state index in [1.165, 1.54) is 18.0 Å². The normalized spacial score (nSPS) is 23.2. The minimum absolute atomic E-state index is 0.0104. The van der Waals surface area contributed by atoms with Crippen LogP contribution in [0.15, 0.2) is 6.20 Å². The van der Waals surface area contributed by atoms with E-state index in [4.69, 9.17) is 9.29 Å². The smallest absolute Gasteiger partial charge is 0.418 e. The minimum Gasteiger partial charge on any atom is -0.467 e. The van der Waals surface area contributed by atoms with E-state index in [0.29, 0.717) is 22.9 Å². The molecule has 2 aliphatic heterocycles. The highest BCUT2D eigenvalue weighted by molar-refractivity contribution is 7.80. The van der Waals surface area contributed by atoms with Crippen LogP contribution in [0.2, 0.25) is 0 Å². The number of carbonyl (C=O) groups excluding carboxylic acids is 2. The number of methoxy groups -OCH3 is 1. The molecule has 1 fully saturated rings. The first-order valence-electron chi connectivity index (χ1n) is 6.68. The summed E-state index contributed by atoms with van der Waals surface area (Å²) in [5, 5.41) is 4.66. The Morgan fingerprint density at radius 3 is 2.78 bits per heavy atom. The molecule has 0 aromatic carbocycles. The van der Waals surface area contributed by atoms with Gasteiger partial charge in [0, 0.05) is 12.1 Å². The van der Waals surface area contributed by atoms with E-state index in [2.05, 4.69) is 9.38 Å². The van der Waals surface area contributed by atoms with Crippen molar-refractivity contribution in [1.82, 2.24) is 19.7 Å². The fraction of sp³-hybridized carbons (Fsp3) is 0.545. The van der Waals surface area contributed by atoms with Crippen LogP contribution in [-0.2, 0) is 30.8 Å². The van der Waals surface area contributed by atoms with Crippen LogP contribution in [0.3, 0.4) is 0 Å². The van der Waals surface area contributed by atoms with Gasteiger partial charge in [-0.2, -0.15) is 18.6 Å². The fourth-order valence-corrected chi connectivity index (χ4v) is 3.31. The van der Waals surface area contributed by atoms with Crippen LogP contribution in [0.4, 0.5) is 4.79 Å². The van der Waals surface area contributed by atoms with Gasteiger partial charge in [-0.1, -0.05) is 0 Å². The Hall–Kier alpha value is -2.18. The monoisotopic (exact) mass is 346 g/mol. The predicted molar refractivity (Wildman–Crippen MR) is 72.0 cm³/mol. The summed E-state index contributed by atoms with van der Waals surface area (Å²) in [6, 6.07) is -2.72. The van der Waals surface area contributed by atoms with Crippen LogP contribution in [0, 0.1) is 0 Å². The number of nitrogens with zero attached hydrogens (tertiary/aromatic N) is 4. The summed E-state index contributed by atoms with van der Waals surface area (Å²) in [6.07, 6.45) is 1.44. The van der Waals surface area contributed by atoms with E-state index < -0.39 is 34.5 Å². The van der Waals surface area contributed by atoms with Gasteiger partial charge in [-0.15, -0.1) is 4.28 Å². The molecule has 0 saturated carbocycles. The summed E-state index contributed by atoms with van der Waals surface area (Å²) < 4.78 is 41.5. The van der Waals surface area contributed by atoms with Gasteiger partial charge in [-0.05, 0) is 6.92 Å². The van der Waals surface area contributed by atoms with Crippen molar-refractivity contribution in [3.63, 3.8) is 0 Å². The first kappa shape index (κ1) is 15.7. The Kier molecular flexibility index (Phi) is 3.54. The fourth-order valence-electron chi connectivity index (χ4n) is 2.94. The largest absolute Gasteiger partial charge is 0.467 e. The highest BCUT2D eigenvalue weighted by atomic mass is 32.3. The molecule has 3 heterocycles. The quantitative estimate of drug-likeness (QED) is 0.578. The Labute approximate surface area is 131 Å². The molecule has 1 saturated heterocycles. The maximum absolute atomic E-state index is 12.4. The predicted octanol–water partition coefficient (Wildman–Crippen LogP) is -0.356. The Morgan fingerprint density at radius 1 is 1.52 bits per heavy atom. The second-order valence-corrected chi connectivity index (χ2v) is 6.01. The standard InChI is InChI=1S/C11H14N4O7S/c1-3-14-8-6(4-12-14)7-5-13(9(8)10(16)21-2)11(17)15(7)22-23(18,19)20/h4,7,9H,3,5H2,1-2H3,(H,18,19,20)/t7-,9+/m1/s1. The summed E-state index contributed by atoms with van der Waals surface area (Å²) >= 11 is 0. The lowest BCUT2D eigenvalue weighted by Gasteiger charge is -2.29.